The molecule has 1 aliphatic heterocycles. The Kier molecular flexibility index (Phi) is 2.83. The third kappa shape index (κ3) is 1.78. The molecule has 0 N–H and O–H groups in total. The highest BCUT2D eigenvalue weighted by Crippen LogP contribution is 2.03. The molecule has 1 heterocycles. The second-order valence-electron chi connectivity index (χ2n) is 2.59. The minimum Gasteiger partial charge on any atom is -0.379 e. The monoisotopic (exact) mass is 143 g/mol. The van der Waals surface area contributed by atoms with Gasteiger partial charge in [-0.2, -0.15) is 0 Å². The molecule has 0 aromatic rings. The normalized spacial score (nSPS) is 28.3. The van der Waals surface area contributed by atoms with Crippen molar-refractivity contribution >= 4 is 6.29 Å². The van der Waals surface area contributed by atoms with Crippen molar-refractivity contribution in [3.05, 3.63) is 0 Å². The van der Waals surface area contributed by atoms with Crippen molar-refractivity contribution in [1.29, 1.82) is 0 Å². The van der Waals surface area contributed by atoms with Crippen molar-refractivity contribution in [2.24, 2.45) is 0 Å². The molecule has 0 radical (unpaired) electrons. The average molecular weight is 143 g/mol. The zero-order chi connectivity index (χ0) is 7.40. The van der Waals surface area contributed by atoms with Crippen LogP contribution in [0.5, 0.6) is 0 Å². The highest BCUT2D eigenvalue weighted by atomic mass is 16.5. The van der Waals surface area contributed by atoms with Gasteiger partial charge < -0.3 is 9.53 Å². The first-order chi connectivity index (χ1) is 4.84. The number of carbonyl (C=O) groups excluding carboxylic acids is 1. The summed E-state index contributed by atoms with van der Waals surface area (Å²) in [4.78, 5) is 12.3. The molecule has 0 aliphatic carbocycles. The second kappa shape index (κ2) is 3.68. The molecule has 0 unspecified atom stereocenters. The Morgan fingerprint density at radius 2 is 2.60 bits per heavy atom. The van der Waals surface area contributed by atoms with E-state index in [-0.39, 0.29) is 0 Å². The number of carbonyl (C=O) groups is 1. The van der Waals surface area contributed by atoms with E-state index in [0.29, 0.717) is 12.6 Å². The van der Waals surface area contributed by atoms with E-state index in [9.17, 15) is 4.79 Å². The van der Waals surface area contributed by atoms with Crippen LogP contribution in [0.15, 0.2) is 0 Å². The number of morpholine rings is 1. The van der Waals surface area contributed by atoms with Crippen LogP contribution >= 0.6 is 0 Å². The van der Waals surface area contributed by atoms with Gasteiger partial charge in [0, 0.05) is 12.6 Å². The number of nitrogens with zero attached hydrogens (tertiary/aromatic N) is 1. The lowest BCUT2D eigenvalue weighted by molar-refractivity contribution is -0.110. The molecule has 3 heteroatoms. The van der Waals surface area contributed by atoms with E-state index in [1.807, 2.05) is 0 Å². The quantitative estimate of drug-likeness (QED) is 0.506. The third-order valence-corrected chi connectivity index (χ3v) is 1.81. The molecule has 0 saturated carbocycles. The molecule has 1 saturated heterocycles. The van der Waals surface area contributed by atoms with Gasteiger partial charge in [-0.1, -0.05) is 0 Å². The van der Waals surface area contributed by atoms with Crippen LogP contribution in [0, 0.1) is 0 Å². The van der Waals surface area contributed by atoms with E-state index >= 15 is 0 Å². The molecule has 0 aromatic heterocycles. The Balaban J connectivity index is 2.32. The molecule has 0 spiro atoms. The summed E-state index contributed by atoms with van der Waals surface area (Å²) in [5.41, 5.74) is 0. The predicted molar refractivity (Wildman–Crippen MR) is 37.9 cm³/mol. The summed E-state index contributed by atoms with van der Waals surface area (Å²) < 4.78 is 5.20. The highest BCUT2D eigenvalue weighted by molar-refractivity contribution is 5.52. The maximum atomic E-state index is 10.1. The second-order valence-corrected chi connectivity index (χ2v) is 2.59. The zero-order valence-electron chi connectivity index (χ0n) is 6.25. The van der Waals surface area contributed by atoms with Crippen molar-refractivity contribution < 1.29 is 9.53 Å². The van der Waals surface area contributed by atoms with Crippen molar-refractivity contribution in [2.75, 3.05) is 26.3 Å². The fourth-order valence-corrected chi connectivity index (χ4v) is 1.13. The van der Waals surface area contributed by atoms with Crippen molar-refractivity contribution in [3.63, 3.8) is 0 Å². The number of hydrogen-bond acceptors (Lipinski definition) is 3. The van der Waals surface area contributed by atoms with Crippen molar-refractivity contribution in [1.82, 2.24) is 4.90 Å². The van der Waals surface area contributed by atoms with Crippen LogP contribution in [-0.2, 0) is 9.53 Å². The Labute approximate surface area is 61.0 Å². The first kappa shape index (κ1) is 7.69. The summed E-state index contributed by atoms with van der Waals surface area (Å²) in [6.07, 6.45) is 0.946. The first-order valence-corrected chi connectivity index (χ1v) is 3.60. The number of hydrogen-bond donors (Lipinski definition) is 0. The number of ether oxygens (including phenoxy) is 1. The summed E-state index contributed by atoms with van der Waals surface area (Å²) in [6.45, 7) is 5.03. The summed E-state index contributed by atoms with van der Waals surface area (Å²) in [5, 5.41) is 0. The fourth-order valence-electron chi connectivity index (χ4n) is 1.13. The Hall–Kier alpha value is -0.410. The van der Waals surface area contributed by atoms with Gasteiger partial charge in [0.1, 0.15) is 6.29 Å². The van der Waals surface area contributed by atoms with Gasteiger partial charge in [0.25, 0.3) is 0 Å². The lowest BCUT2D eigenvalue weighted by atomic mass is 10.2. The summed E-state index contributed by atoms with van der Waals surface area (Å²) in [7, 11) is 0. The number of aldehydes is 1. The van der Waals surface area contributed by atoms with E-state index in [4.69, 9.17) is 4.74 Å². The zero-order valence-corrected chi connectivity index (χ0v) is 6.25. The molecular weight excluding hydrogens is 130 g/mol. The minimum atomic E-state index is 0.402. The van der Waals surface area contributed by atoms with E-state index < -0.39 is 0 Å². The first-order valence-electron chi connectivity index (χ1n) is 3.60. The van der Waals surface area contributed by atoms with Crippen LogP contribution in [0.4, 0.5) is 0 Å². The van der Waals surface area contributed by atoms with Gasteiger partial charge in [-0.3, -0.25) is 4.90 Å². The van der Waals surface area contributed by atoms with E-state index in [1.165, 1.54) is 0 Å². The Morgan fingerprint density at radius 3 is 3.20 bits per heavy atom. The molecule has 1 atom stereocenters. The fraction of sp³-hybridized carbons (Fsp3) is 0.857. The van der Waals surface area contributed by atoms with Crippen molar-refractivity contribution in [2.45, 2.75) is 13.0 Å². The van der Waals surface area contributed by atoms with Gasteiger partial charge in [-0.15, -0.1) is 0 Å². The maximum absolute atomic E-state index is 10.1. The van der Waals surface area contributed by atoms with E-state index in [0.717, 1.165) is 26.0 Å². The van der Waals surface area contributed by atoms with Gasteiger partial charge >= 0.3 is 0 Å². The molecule has 3 nitrogen and oxygen atoms in total. The Bertz CT molecular complexity index is 116. The standard InChI is InChI=1S/C7H13NO2/c1-7-6-10-5-3-8(7)2-4-9/h4,7H,2-3,5-6H2,1H3/t7-/m0/s1. The molecule has 0 aromatic carbocycles. The predicted octanol–water partition coefficient (Wildman–Crippen LogP) is -0.0940. The van der Waals surface area contributed by atoms with Gasteiger partial charge in [-0.05, 0) is 6.92 Å². The summed E-state index contributed by atoms with van der Waals surface area (Å²) >= 11 is 0. The van der Waals surface area contributed by atoms with Crippen LogP contribution < -0.4 is 0 Å². The molecule has 10 heavy (non-hydrogen) atoms. The van der Waals surface area contributed by atoms with Gasteiger partial charge in [0.15, 0.2) is 0 Å². The molecule has 0 bridgehead atoms. The SMILES string of the molecule is C[C@H]1COCCN1CC=O. The smallest absolute Gasteiger partial charge is 0.133 e. The molecule has 58 valence electrons. The Morgan fingerprint density at radius 1 is 1.80 bits per heavy atom. The van der Waals surface area contributed by atoms with Crippen LogP contribution in [0.25, 0.3) is 0 Å². The van der Waals surface area contributed by atoms with E-state index in [2.05, 4.69) is 11.8 Å². The van der Waals surface area contributed by atoms with Crippen molar-refractivity contribution in [3.8, 4) is 0 Å². The number of rotatable bonds is 2. The highest BCUT2D eigenvalue weighted by Gasteiger charge is 2.17. The third-order valence-electron chi connectivity index (χ3n) is 1.81. The van der Waals surface area contributed by atoms with Crippen LogP contribution in [0.3, 0.4) is 0 Å². The molecule has 0 amide bonds. The molecule has 1 fully saturated rings. The molecule has 1 aliphatic rings. The summed E-state index contributed by atoms with van der Waals surface area (Å²) in [6, 6.07) is 0.402. The van der Waals surface area contributed by atoms with Crippen LogP contribution in [0.1, 0.15) is 6.92 Å². The van der Waals surface area contributed by atoms with Gasteiger partial charge in [-0.25, -0.2) is 0 Å². The topological polar surface area (TPSA) is 29.5 Å². The average Bonchev–Trinajstić information content (AvgIpc) is 1.94. The van der Waals surface area contributed by atoms with Gasteiger partial charge in [0.05, 0.1) is 19.8 Å². The van der Waals surface area contributed by atoms with Crippen LogP contribution in [-0.4, -0.2) is 43.5 Å². The lowest BCUT2D eigenvalue weighted by Crippen LogP contribution is -2.44. The van der Waals surface area contributed by atoms with Crippen LogP contribution in [0.2, 0.25) is 0 Å². The van der Waals surface area contributed by atoms with Gasteiger partial charge in [0.2, 0.25) is 0 Å². The summed E-state index contributed by atoms with van der Waals surface area (Å²) in [5.74, 6) is 0. The lowest BCUT2D eigenvalue weighted by Gasteiger charge is -2.31. The maximum Gasteiger partial charge on any atom is 0.133 e. The van der Waals surface area contributed by atoms with E-state index in [1.54, 1.807) is 0 Å². The largest absolute Gasteiger partial charge is 0.379 e. The minimum absolute atomic E-state index is 0.402. The molecular formula is C7H13NO2. The molecule has 1 rings (SSSR count).